The standard InChI is InChI=1S/C42H69N5O7/c1-11-27(4)37(46(7)42(51)36(26(2)3)44-41(50)38-30-19-20-32(23-30)45(38)6)34(53-9)24-35(48)47-21-15-18-33(47)39(54-10)28(5)40(49)43-31(25-52-8)22-29-16-13-12-14-17-29/h12-14,16-17,26-28,30-34,36-39H,11,15,18-25H2,1-10H3,(H,43,49)(H,44,50)/t27-,28+,30-,31-,32+,33-,34+,36-,37-,38-,39+/m0/s1. The lowest BCUT2D eigenvalue weighted by Gasteiger charge is -2.41. The van der Waals surface area contributed by atoms with Gasteiger partial charge in [-0.1, -0.05) is 71.4 Å². The molecule has 3 fully saturated rings. The molecule has 4 amide bonds. The largest absolute Gasteiger partial charge is 0.383 e. The number of piperidine rings is 1. The second kappa shape index (κ2) is 20.2. The Morgan fingerprint density at radius 2 is 1.67 bits per heavy atom. The van der Waals surface area contributed by atoms with Gasteiger partial charge < -0.3 is 34.6 Å². The maximum atomic E-state index is 14.3. The average molecular weight is 756 g/mol. The average Bonchev–Trinajstić information content (AvgIpc) is 3.91. The van der Waals surface area contributed by atoms with Gasteiger partial charge in [0.2, 0.25) is 23.6 Å². The number of methoxy groups -OCH3 is 3. The van der Waals surface area contributed by atoms with E-state index in [1.807, 2.05) is 63.1 Å². The summed E-state index contributed by atoms with van der Waals surface area (Å²) in [6.07, 6.45) is 5.08. The van der Waals surface area contributed by atoms with E-state index in [1.165, 1.54) is 0 Å². The number of fused-ring (bicyclic) bond motifs is 2. The van der Waals surface area contributed by atoms with Gasteiger partial charge in [0.1, 0.15) is 6.04 Å². The molecule has 2 bridgehead atoms. The van der Waals surface area contributed by atoms with Crippen molar-refractivity contribution in [3.63, 3.8) is 0 Å². The summed E-state index contributed by atoms with van der Waals surface area (Å²) in [5, 5.41) is 6.31. The van der Waals surface area contributed by atoms with E-state index in [-0.39, 0.29) is 60.0 Å². The van der Waals surface area contributed by atoms with Crippen LogP contribution in [-0.4, -0.2) is 135 Å². The minimum atomic E-state index is -0.705. The number of hydrogen-bond donors (Lipinski definition) is 2. The lowest BCUT2D eigenvalue weighted by molar-refractivity contribution is -0.148. The molecule has 12 nitrogen and oxygen atoms in total. The Labute approximate surface area is 324 Å². The monoisotopic (exact) mass is 756 g/mol. The topological polar surface area (TPSA) is 130 Å². The van der Waals surface area contributed by atoms with Crippen LogP contribution in [0, 0.1) is 23.7 Å². The van der Waals surface area contributed by atoms with Gasteiger partial charge in [-0.2, -0.15) is 0 Å². The molecule has 1 aromatic carbocycles. The molecule has 304 valence electrons. The van der Waals surface area contributed by atoms with Crippen molar-refractivity contribution in [3.05, 3.63) is 35.9 Å². The van der Waals surface area contributed by atoms with Gasteiger partial charge in [-0.25, -0.2) is 0 Å². The summed E-state index contributed by atoms with van der Waals surface area (Å²) in [5.41, 5.74) is 1.10. The molecule has 1 aromatic rings. The van der Waals surface area contributed by atoms with Crippen molar-refractivity contribution in [2.75, 3.05) is 48.6 Å². The SMILES string of the molecule is CC[C@H](C)[C@@H]([C@@H](CC(=O)N1CCC[C@H]1[C@H](OC)[C@@H](C)C(=O)N[C@H](COC)Cc1ccccc1)OC)N(C)C(=O)[C@@H](NC(=O)[C@@H]1[C@H]2CC[C@H](C2)N1C)C(C)C. The number of nitrogens with one attached hydrogen (secondary N) is 2. The van der Waals surface area contributed by atoms with Crippen LogP contribution >= 0.6 is 0 Å². The fourth-order valence-corrected chi connectivity index (χ4v) is 9.47. The zero-order valence-electron chi connectivity index (χ0n) is 34.6. The number of amides is 4. The molecular weight excluding hydrogens is 686 g/mol. The predicted molar refractivity (Wildman–Crippen MR) is 210 cm³/mol. The van der Waals surface area contributed by atoms with E-state index >= 15 is 0 Å². The van der Waals surface area contributed by atoms with Crippen molar-refractivity contribution < 1.29 is 33.4 Å². The van der Waals surface area contributed by atoms with Crippen LogP contribution in [0.1, 0.15) is 85.1 Å². The number of carbonyl (C=O) groups is 4. The molecular formula is C42H69N5O7. The van der Waals surface area contributed by atoms with Crippen molar-refractivity contribution in [2.45, 2.75) is 134 Å². The summed E-state index contributed by atoms with van der Waals surface area (Å²) in [7, 11) is 8.61. The highest BCUT2D eigenvalue weighted by molar-refractivity contribution is 5.90. The summed E-state index contributed by atoms with van der Waals surface area (Å²) in [4.78, 5) is 61.6. The van der Waals surface area contributed by atoms with Crippen LogP contribution < -0.4 is 10.6 Å². The number of likely N-dealkylation sites (tertiary alicyclic amines) is 2. The van der Waals surface area contributed by atoms with Crippen LogP contribution in [0.3, 0.4) is 0 Å². The molecule has 2 N–H and O–H groups in total. The highest BCUT2D eigenvalue weighted by atomic mass is 16.5. The van der Waals surface area contributed by atoms with Crippen LogP contribution in [0.4, 0.5) is 0 Å². The van der Waals surface area contributed by atoms with Crippen molar-refractivity contribution in [1.82, 2.24) is 25.3 Å². The Morgan fingerprint density at radius 3 is 2.24 bits per heavy atom. The van der Waals surface area contributed by atoms with E-state index in [1.54, 1.807) is 33.3 Å². The second-order valence-electron chi connectivity index (χ2n) is 16.5. The Kier molecular flexibility index (Phi) is 16.3. The van der Waals surface area contributed by atoms with Crippen molar-refractivity contribution >= 4 is 23.6 Å². The molecule has 2 saturated heterocycles. The molecule has 1 saturated carbocycles. The van der Waals surface area contributed by atoms with Gasteiger partial charge >= 0.3 is 0 Å². The quantitative estimate of drug-likeness (QED) is 0.205. The first-order valence-corrected chi connectivity index (χ1v) is 20.2. The molecule has 0 spiro atoms. The first-order valence-electron chi connectivity index (χ1n) is 20.2. The van der Waals surface area contributed by atoms with Crippen LogP contribution in [0.2, 0.25) is 0 Å². The van der Waals surface area contributed by atoms with E-state index in [0.29, 0.717) is 38.0 Å². The Hall–Kier alpha value is -3.06. The van der Waals surface area contributed by atoms with E-state index in [2.05, 4.69) is 29.4 Å². The van der Waals surface area contributed by atoms with Crippen molar-refractivity contribution in [1.29, 1.82) is 0 Å². The summed E-state index contributed by atoms with van der Waals surface area (Å²) in [6.45, 7) is 10.8. The Bertz CT molecular complexity index is 1380. The zero-order valence-corrected chi connectivity index (χ0v) is 34.6. The third kappa shape index (κ3) is 10.2. The van der Waals surface area contributed by atoms with Gasteiger partial charge in [-0.05, 0) is 68.9 Å². The number of hydrogen-bond acceptors (Lipinski definition) is 8. The number of ether oxygens (including phenoxy) is 3. The van der Waals surface area contributed by atoms with Crippen LogP contribution in [0.25, 0.3) is 0 Å². The molecule has 2 aliphatic heterocycles. The van der Waals surface area contributed by atoms with Gasteiger partial charge in [0.05, 0.1) is 55.3 Å². The van der Waals surface area contributed by atoms with E-state index in [0.717, 1.165) is 37.7 Å². The fraction of sp³-hybridized carbons (Fsp3) is 0.762. The van der Waals surface area contributed by atoms with Crippen LogP contribution in [0.5, 0.6) is 0 Å². The molecule has 1 aliphatic carbocycles. The molecule has 54 heavy (non-hydrogen) atoms. The Balaban J connectivity index is 1.45. The Morgan fingerprint density at radius 1 is 0.963 bits per heavy atom. The van der Waals surface area contributed by atoms with Gasteiger partial charge in [-0.15, -0.1) is 0 Å². The smallest absolute Gasteiger partial charge is 0.245 e. The normalized spacial score (nSPS) is 25.1. The van der Waals surface area contributed by atoms with Crippen LogP contribution in [0.15, 0.2) is 30.3 Å². The molecule has 0 unspecified atom stereocenters. The van der Waals surface area contributed by atoms with E-state index in [9.17, 15) is 19.2 Å². The number of benzene rings is 1. The van der Waals surface area contributed by atoms with E-state index in [4.69, 9.17) is 14.2 Å². The molecule has 12 heteroatoms. The second-order valence-corrected chi connectivity index (χ2v) is 16.5. The maximum Gasteiger partial charge on any atom is 0.245 e. The summed E-state index contributed by atoms with van der Waals surface area (Å²) < 4.78 is 17.5. The summed E-state index contributed by atoms with van der Waals surface area (Å²) >= 11 is 0. The first-order chi connectivity index (χ1) is 25.8. The zero-order chi connectivity index (χ0) is 39.7. The number of carbonyl (C=O) groups excluding carboxylic acids is 4. The molecule has 0 aromatic heterocycles. The van der Waals surface area contributed by atoms with Crippen LogP contribution in [-0.2, 0) is 39.8 Å². The number of likely N-dealkylation sites (N-methyl/N-ethyl adjacent to an activating group) is 2. The van der Waals surface area contributed by atoms with Gasteiger partial charge in [0.25, 0.3) is 0 Å². The molecule has 3 aliphatic rings. The molecule has 0 radical (unpaired) electrons. The van der Waals surface area contributed by atoms with Crippen molar-refractivity contribution in [2.24, 2.45) is 23.7 Å². The fourth-order valence-electron chi connectivity index (χ4n) is 9.47. The summed E-state index contributed by atoms with van der Waals surface area (Å²) in [6, 6.07) is 8.59. The minimum Gasteiger partial charge on any atom is -0.383 e. The lowest BCUT2D eigenvalue weighted by Crippen LogP contribution is -2.60. The summed E-state index contributed by atoms with van der Waals surface area (Å²) in [5.74, 6) is -0.822. The predicted octanol–water partition coefficient (Wildman–Crippen LogP) is 3.90. The van der Waals surface area contributed by atoms with E-state index < -0.39 is 30.2 Å². The molecule has 4 rings (SSSR count). The highest BCUT2D eigenvalue weighted by Crippen LogP contribution is 2.41. The third-order valence-corrected chi connectivity index (χ3v) is 12.7. The lowest BCUT2D eigenvalue weighted by atomic mass is 9.89. The number of rotatable bonds is 20. The minimum absolute atomic E-state index is 0.0117. The maximum absolute atomic E-state index is 14.3. The van der Waals surface area contributed by atoms with Gasteiger partial charge in [0.15, 0.2) is 0 Å². The molecule has 2 heterocycles. The van der Waals surface area contributed by atoms with Crippen molar-refractivity contribution in [3.8, 4) is 0 Å². The number of nitrogens with zero attached hydrogens (tertiary/aromatic N) is 3. The molecule has 11 atom stereocenters. The van der Waals surface area contributed by atoms with Gasteiger partial charge in [0, 0.05) is 41.0 Å². The third-order valence-electron chi connectivity index (χ3n) is 12.7. The van der Waals surface area contributed by atoms with Gasteiger partial charge in [-0.3, -0.25) is 24.1 Å². The first kappa shape index (κ1) is 43.7. The highest BCUT2D eigenvalue weighted by Gasteiger charge is 2.48.